The van der Waals surface area contributed by atoms with E-state index in [9.17, 15) is 9.59 Å². The quantitative estimate of drug-likeness (QED) is 0.570. The van der Waals surface area contributed by atoms with Gasteiger partial charge in [-0.15, -0.1) is 0 Å². The molecule has 2 aromatic rings. The Morgan fingerprint density at radius 2 is 1.63 bits per heavy atom. The maximum atomic E-state index is 12.4. The Kier molecular flexibility index (Phi) is 6.53. The van der Waals surface area contributed by atoms with E-state index < -0.39 is 12.0 Å². The number of carbonyl (C=O) groups is 2. The van der Waals surface area contributed by atoms with Crippen molar-refractivity contribution in [1.82, 2.24) is 0 Å². The van der Waals surface area contributed by atoms with Crippen LogP contribution in [0, 0.1) is 5.92 Å². The average Bonchev–Trinajstić information content (AvgIpc) is 2.73. The van der Waals surface area contributed by atoms with Gasteiger partial charge in [0.1, 0.15) is 11.8 Å². The lowest BCUT2D eigenvalue weighted by Gasteiger charge is -2.23. The number of Topliss-reactive ketones (excluding diaryl/α,β-unsaturated/α-hetero) is 1. The topological polar surface area (TPSA) is 55.7 Å². The predicted molar refractivity (Wildman–Crippen MR) is 106 cm³/mol. The third-order valence-corrected chi connectivity index (χ3v) is 5.04. The number of nitrogens with zero attached hydrogens (tertiary/aromatic N) is 1. The van der Waals surface area contributed by atoms with E-state index in [4.69, 9.17) is 9.73 Å². The Labute approximate surface area is 160 Å². The monoisotopic (exact) mass is 363 g/mol. The fourth-order valence-electron chi connectivity index (χ4n) is 3.58. The van der Waals surface area contributed by atoms with Crippen molar-refractivity contribution in [3.05, 3.63) is 71.8 Å². The molecule has 1 fully saturated rings. The molecule has 140 valence electrons. The van der Waals surface area contributed by atoms with Gasteiger partial charge in [0.25, 0.3) is 0 Å². The summed E-state index contributed by atoms with van der Waals surface area (Å²) in [6, 6.07) is 18.9. The molecule has 0 radical (unpaired) electrons. The molecule has 0 N–H and O–H groups in total. The van der Waals surface area contributed by atoms with Crippen LogP contribution in [-0.4, -0.2) is 30.6 Å². The van der Waals surface area contributed by atoms with E-state index in [0.717, 1.165) is 36.1 Å². The van der Waals surface area contributed by atoms with E-state index in [1.54, 1.807) is 0 Å². The number of methoxy groups -OCH3 is 1. The third-order valence-electron chi connectivity index (χ3n) is 5.04. The van der Waals surface area contributed by atoms with E-state index in [2.05, 4.69) is 0 Å². The van der Waals surface area contributed by atoms with E-state index in [0.29, 0.717) is 12.8 Å². The first kappa shape index (κ1) is 19.0. The van der Waals surface area contributed by atoms with E-state index in [1.807, 2.05) is 60.7 Å². The summed E-state index contributed by atoms with van der Waals surface area (Å²) in [4.78, 5) is 29.5. The highest BCUT2D eigenvalue weighted by molar-refractivity contribution is 6.13. The standard InChI is InChI=1S/C23H25NO3/c1-27-23(26)20(16-19-14-8-9-15-21(19)25)24-22(17-10-4-2-5-11-17)18-12-6-3-7-13-18/h2-7,10-13,19-20H,8-9,14-16H2,1H3. The summed E-state index contributed by atoms with van der Waals surface area (Å²) in [7, 11) is 1.37. The highest BCUT2D eigenvalue weighted by atomic mass is 16.5. The molecule has 1 aliphatic carbocycles. The van der Waals surface area contributed by atoms with Crippen LogP contribution in [0.5, 0.6) is 0 Å². The van der Waals surface area contributed by atoms with Crippen LogP contribution in [0.25, 0.3) is 0 Å². The van der Waals surface area contributed by atoms with Crippen molar-refractivity contribution in [2.75, 3.05) is 7.11 Å². The fraction of sp³-hybridized carbons (Fsp3) is 0.348. The van der Waals surface area contributed by atoms with Crippen molar-refractivity contribution in [2.45, 2.75) is 38.1 Å². The first-order valence-corrected chi connectivity index (χ1v) is 9.48. The largest absolute Gasteiger partial charge is 0.467 e. The van der Waals surface area contributed by atoms with Crippen LogP contribution in [0.15, 0.2) is 65.7 Å². The van der Waals surface area contributed by atoms with Gasteiger partial charge in [-0.05, 0) is 19.3 Å². The van der Waals surface area contributed by atoms with E-state index in [1.165, 1.54) is 7.11 Å². The third kappa shape index (κ3) is 4.91. The predicted octanol–water partition coefficient (Wildman–Crippen LogP) is 4.22. The Balaban J connectivity index is 1.97. The number of benzene rings is 2. The van der Waals surface area contributed by atoms with Crippen LogP contribution < -0.4 is 0 Å². The zero-order valence-corrected chi connectivity index (χ0v) is 15.6. The number of ether oxygens (including phenoxy) is 1. The minimum atomic E-state index is -0.683. The molecule has 27 heavy (non-hydrogen) atoms. The maximum absolute atomic E-state index is 12.4. The lowest BCUT2D eigenvalue weighted by Crippen LogP contribution is -2.30. The number of ketones is 1. The van der Waals surface area contributed by atoms with Crippen LogP contribution in [0.4, 0.5) is 0 Å². The minimum absolute atomic E-state index is 0.112. The summed E-state index contributed by atoms with van der Waals surface area (Å²) in [6.45, 7) is 0. The summed E-state index contributed by atoms with van der Waals surface area (Å²) >= 11 is 0. The van der Waals surface area contributed by atoms with E-state index in [-0.39, 0.29) is 11.7 Å². The number of esters is 1. The maximum Gasteiger partial charge on any atom is 0.330 e. The normalized spacial score (nSPS) is 17.8. The number of aliphatic imine (C=N–C) groups is 1. The number of carbonyl (C=O) groups excluding carboxylic acids is 2. The van der Waals surface area contributed by atoms with Crippen molar-refractivity contribution in [3.8, 4) is 0 Å². The van der Waals surface area contributed by atoms with Gasteiger partial charge in [-0.25, -0.2) is 4.79 Å². The zero-order valence-electron chi connectivity index (χ0n) is 15.6. The molecular formula is C23H25NO3. The minimum Gasteiger partial charge on any atom is -0.467 e. The molecule has 0 spiro atoms. The Morgan fingerprint density at radius 1 is 1.04 bits per heavy atom. The molecule has 0 aromatic heterocycles. The summed E-state index contributed by atoms with van der Waals surface area (Å²) < 4.78 is 5.00. The smallest absolute Gasteiger partial charge is 0.330 e. The lowest BCUT2D eigenvalue weighted by molar-refractivity contribution is -0.142. The molecule has 1 aliphatic rings. The Morgan fingerprint density at radius 3 is 2.15 bits per heavy atom. The highest BCUT2D eigenvalue weighted by Gasteiger charge is 2.29. The van der Waals surface area contributed by atoms with Gasteiger partial charge in [0.15, 0.2) is 0 Å². The lowest BCUT2D eigenvalue weighted by atomic mass is 9.83. The van der Waals surface area contributed by atoms with Gasteiger partial charge in [-0.3, -0.25) is 9.79 Å². The molecule has 0 saturated heterocycles. The van der Waals surface area contributed by atoms with Gasteiger partial charge in [0.05, 0.1) is 12.8 Å². The second-order valence-electron chi connectivity index (χ2n) is 6.89. The Bertz CT molecular complexity index is 757. The van der Waals surface area contributed by atoms with Crippen molar-refractivity contribution >= 4 is 17.5 Å². The number of rotatable bonds is 6. The second-order valence-corrected chi connectivity index (χ2v) is 6.89. The highest BCUT2D eigenvalue weighted by Crippen LogP contribution is 2.26. The van der Waals surface area contributed by atoms with Crippen molar-refractivity contribution in [3.63, 3.8) is 0 Å². The SMILES string of the molecule is COC(=O)C(CC1CCCCC1=O)N=C(c1ccccc1)c1ccccc1. The van der Waals surface area contributed by atoms with Crippen LogP contribution in [0.3, 0.4) is 0 Å². The van der Waals surface area contributed by atoms with Crippen LogP contribution in [0.2, 0.25) is 0 Å². The van der Waals surface area contributed by atoms with Gasteiger partial charge in [-0.1, -0.05) is 67.1 Å². The molecule has 0 heterocycles. The van der Waals surface area contributed by atoms with Crippen molar-refractivity contribution < 1.29 is 14.3 Å². The molecule has 4 heteroatoms. The molecule has 0 aliphatic heterocycles. The van der Waals surface area contributed by atoms with E-state index >= 15 is 0 Å². The zero-order chi connectivity index (χ0) is 19.1. The van der Waals surface area contributed by atoms with Gasteiger partial charge in [-0.2, -0.15) is 0 Å². The van der Waals surface area contributed by atoms with Crippen LogP contribution >= 0.6 is 0 Å². The summed E-state index contributed by atoms with van der Waals surface area (Å²) in [5, 5.41) is 0. The molecule has 2 aromatic carbocycles. The molecule has 0 bridgehead atoms. The van der Waals surface area contributed by atoms with Gasteiger partial charge >= 0.3 is 5.97 Å². The fourth-order valence-corrected chi connectivity index (χ4v) is 3.58. The van der Waals surface area contributed by atoms with Gasteiger partial charge in [0.2, 0.25) is 0 Å². The number of hydrogen-bond acceptors (Lipinski definition) is 4. The molecular weight excluding hydrogens is 338 g/mol. The Hall–Kier alpha value is -2.75. The molecule has 3 rings (SSSR count). The first-order valence-electron chi connectivity index (χ1n) is 9.48. The molecule has 4 nitrogen and oxygen atoms in total. The van der Waals surface area contributed by atoms with Crippen molar-refractivity contribution in [2.24, 2.45) is 10.9 Å². The average molecular weight is 363 g/mol. The molecule has 2 atom stereocenters. The first-order chi connectivity index (χ1) is 13.2. The molecule has 0 amide bonds. The summed E-state index contributed by atoms with van der Waals surface area (Å²) in [5.41, 5.74) is 2.62. The number of hydrogen-bond donors (Lipinski definition) is 0. The summed E-state index contributed by atoms with van der Waals surface area (Å²) in [6.07, 6.45) is 3.81. The van der Waals surface area contributed by atoms with Crippen LogP contribution in [0.1, 0.15) is 43.2 Å². The molecule has 1 saturated carbocycles. The molecule has 2 unspecified atom stereocenters. The van der Waals surface area contributed by atoms with Crippen LogP contribution in [-0.2, 0) is 14.3 Å². The van der Waals surface area contributed by atoms with Gasteiger partial charge < -0.3 is 4.74 Å². The van der Waals surface area contributed by atoms with Crippen molar-refractivity contribution in [1.29, 1.82) is 0 Å². The second kappa shape index (κ2) is 9.26. The van der Waals surface area contributed by atoms with Gasteiger partial charge in [0, 0.05) is 23.5 Å². The summed E-state index contributed by atoms with van der Waals surface area (Å²) in [5.74, 6) is -0.261.